The molecule has 1 unspecified atom stereocenters. The monoisotopic (exact) mass is 325 g/mol. The fourth-order valence-corrected chi connectivity index (χ4v) is 3.22. The summed E-state index contributed by atoms with van der Waals surface area (Å²) < 4.78 is 0. The second-order valence-corrected chi connectivity index (χ2v) is 6.44. The van der Waals surface area contributed by atoms with E-state index in [0.717, 1.165) is 45.7 Å². The summed E-state index contributed by atoms with van der Waals surface area (Å²) in [6.45, 7) is 6.49. The maximum absolute atomic E-state index is 4.33. The molecule has 0 bridgehead atoms. The number of piperazine rings is 1. The van der Waals surface area contributed by atoms with Crippen LogP contribution in [0.3, 0.4) is 0 Å². The molecule has 24 heavy (non-hydrogen) atoms. The highest BCUT2D eigenvalue weighted by molar-refractivity contribution is 5.15. The smallest absolute Gasteiger partial charge is 0.0487 e. The molecule has 1 aliphatic rings. The lowest BCUT2D eigenvalue weighted by Gasteiger charge is -2.35. The number of pyridine rings is 2. The van der Waals surface area contributed by atoms with E-state index in [9.17, 15) is 0 Å². The van der Waals surface area contributed by atoms with Crippen LogP contribution in [0.15, 0.2) is 49.1 Å². The number of nitrogens with one attached hydrogen (secondary N) is 1. The standard InChI is InChI=1S/C19H27N5/c1-23(12-6-17-4-8-20-9-5-17)19(18-3-2-7-22-15-18)16-24-13-10-21-11-14-24/h2-5,7-9,15,19,21H,6,10-14,16H2,1H3. The lowest BCUT2D eigenvalue weighted by atomic mass is 10.1. The fraction of sp³-hybridized carbons (Fsp3) is 0.474. The Morgan fingerprint density at radius 2 is 1.92 bits per heavy atom. The highest BCUT2D eigenvalue weighted by Gasteiger charge is 2.21. The lowest BCUT2D eigenvalue weighted by molar-refractivity contribution is 0.151. The number of nitrogens with zero attached hydrogens (tertiary/aromatic N) is 4. The first kappa shape index (κ1) is 17.0. The molecule has 5 nitrogen and oxygen atoms in total. The van der Waals surface area contributed by atoms with E-state index in [4.69, 9.17) is 0 Å². The van der Waals surface area contributed by atoms with Gasteiger partial charge in [-0.05, 0) is 42.8 Å². The van der Waals surface area contributed by atoms with Crippen molar-refractivity contribution in [3.05, 3.63) is 60.2 Å². The van der Waals surface area contributed by atoms with Crippen molar-refractivity contribution in [1.82, 2.24) is 25.1 Å². The Labute approximate surface area is 144 Å². The first-order valence-electron chi connectivity index (χ1n) is 8.75. The quantitative estimate of drug-likeness (QED) is 0.838. The summed E-state index contributed by atoms with van der Waals surface area (Å²) >= 11 is 0. The molecule has 1 saturated heterocycles. The third kappa shape index (κ3) is 4.84. The molecular formula is C19H27N5. The predicted octanol–water partition coefficient (Wildman–Crippen LogP) is 1.60. The van der Waals surface area contributed by atoms with Gasteiger partial charge >= 0.3 is 0 Å². The van der Waals surface area contributed by atoms with E-state index < -0.39 is 0 Å². The fourth-order valence-electron chi connectivity index (χ4n) is 3.22. The Hall–Kier alpha value is -1.82. The third-order valence-electron chi connectivity index (χ3n) is 4.74. The molecule has 0 amide bonds. The molecule has 3 rings (SSSR count). The van der Waals surface area contributed by atoms with E-state index in [1.165, 1.54) is 11.1 Å². The van der Waals surface area contributed by atoms with Gasteiger partial charge in [0.1, 0.15) is 0 Å². The molecule has 128 valence electrons. The van der Waals surface area contributed by atoms with Crippen LogP contribution in [-0.2, 0) is 6.42 Å². The van der Waals surface area contributed by atoms with E-state index in [2.05, 4.69) is 50.3 Å². The van der Waals surface area contributed by atoms with Gasteiger partial charge in [0, 0.05) is 70.1 Å². The summed E-state index contributed by atoms with van der Waals surface area (Å²) in [6.07, 6.45) is 8.64. The van der Waals surface area contributed by atoms with Crippen LogP contribution in [0.4, 0.5) is 0 Å². The molecule has 5 heteroatoms. The highest BCUT2D eigenvalue weighted by atomic mass is 15.2. The maximum atomic E-state index is 4.33. The van der Waals surface area contributed by atoms with Gasteiger partial charge in [0.15, 0.2) is 0 Å². The number of hydrogen-bond acceptors (Lipinski definition) is 5. The van der Waals surface area contributed by atoms with Crippen LogP contribution in [0.1, 0.15) is 17.2 Å². The van der Waals surface area contributed by atoms with Crippen LogP contribution in [0.2, 0.25) is 0 Å². The van der Waals surface area contributed by atoms with Crippen molar-refractivity contribution in [2.45, 2.75) is 12.5 Å². The van der Waals surface area contributed by atoms with Gasteiger partial charge in [0.2, 0.25) is 0 Å². The first-order chi connectivity index (χ1) is 11.8. The Morgan fingerprint density at radius 1 is 1.12 bits per heavy atom. The summed E-state index contributed by atoms with van der Waals surface area (Å²) in [5, 5.41) is 3.43. The maximum Gasteiger partial charge on any atom is 0.0487 e. The Balaban J connectivity index is 1.66. The molecule has 3 heterocycles. The van der Waals surface area contributed by atoms with Crippen LogP contribution in [0.25, 0.3) is 0 Å². The molecule has 2 aromatic heterocycles. The molecule has 0 aromatic carbocycles. The average molecular weight is 325 g/mol. The first-order valence-corrected chi connectivity index (χ1v) is 8.75. The third-order valence-corrected chi connectivity index (χ3v) is 4.74. The minimum atomic E-state index is 0.374. The summed E-state index contributed by atoms with van der Waals surface area (Å²) in [5.41, 5.74) is 2.64. The zero-order valence-electron chi connectivity index (χ0n) is 14.4. The van der Waals surface area contributed by atoms with Crippen LogP contribution in [-0.4, -0.2) is 66.1 Å². The highest BCUT2D eigenvalue weighted by Crippen LogP contribution is 2.20. The SMILES string of the molecule is CN(CCc1ccncc1)C(CN1CCNCC1)c1cccnc1. The van der Waals surface area contributed by atoms with Gasteiger partial charge < -0.3 is 5.32 Å². The molecule has 1 aliphatic heterocycles. The van der Waals surface area contributed by atoms with Gasteiger partial charge in [-0.1, -0.05) is 6.07 Å². The van der Waals surface area contributed by atoms with Gasteiger partial charge in [-0.25, -0.2) is 0 Å². The van der Waals surface area contributed by atoms with E-state index in [0.29, 0.717) is 6.04 Å². The van der Waals surface area contributed by atoms with Crippen molar-refractivity contribution in [2.24, 2.45) is 0 Å². The molecule has 1 N–H and O–H groups in total. The van der Waals surface area contributed by atoms with Crippen molar-refractivity contribution in [2.75, 3.05) is 46.3 Å². The summed E-state index contributed by atoms with van der Waals surface area (Å²) in [6, 6.07) is 8.81. The van der Waals surface area contributed by atoms with Gasteiger partial charge in [-0.2, -0.15) is 0 Å². The molecule has 0 saturated carbocycles. The number of aromatic nitrogens is 2. The van der Waals surface area contributed by atoms with E-state index in [-0.39, 0.29) is 0 Å². The van der Waals surface area contributed by atoms with Gasteiger partial charge in [-0.15, -0.1) is 0 Å². The van der Waals surface area contributed by atoms with Gasteiger partial charge in [0.25, 0.3) is 0 Å². The van der Waals surface area contributed by atoms with Crippen molar-refractivity contribution in [3.8, 4) is 0 Å². The molecular weight excluding hydrogens is 298 g/mol. The van der Waals surface area contributed by atoms with Crippen LogP contribution in [0.5, 0.6) is 0 Å². The largest absolute Gasteiger partial charge is 0.314 e. The number of hydrogen-bond donors (Lipinski definition) is 1. The molecule has 1 atom stereocenters. The van der Waals surface area contributed by atoms with Crippen molar-refractivity contribution >= 4 is 0 Å². The van der Waals surface area contributed by atoms with Crippen LogP contribution >= 0.6 is 0 Å². The second-order valence-electron chi connectivity index (χ2n) is 6.44. The Bertz CT molecular complexity index is 583. The molecule has 0 aliphatic carbocycles. The average Bonchev–Trinajstić information content (AvgIpc) is 2.66. The van der Waals surface area contributed by atoms with Gasteiger partial charge in [0.05, 0.1) is 0 Å². The molecule has 0 spiro atoms. The Kier molecular flexibility index (Phi) is 6.29. The lowest BCUT2D eigenvalue weighted by Crippen LogP contribution is -2.47. The normalized spacial score (nSPS) is 17.1. The minimum absolute atomic E-state index is 0.374. The summed E-state index contributed by atoms with van der Waals surface area (Å²) in [5.74, 6) is 0. The van der Waals surface area contributed by atoms with E-state index in [1.807, 2.05) is 30.9 Å². The van der Waals surface area contributed by atoms with Crippen molar-refractivity contribution < 1.29 is 0 Å². The van der Waals surface area contributed by atoms with Crippen molar-refractivity contribution in [3.63, 3.8) is 0 Å². The molecule has 2 aromatic rings. The topological polar surface area (TPSA) is 44.3 Å². The minimum Gasteiger partial charge on any atom is -0.314 e. The summed E-state index contributed by atoms with van der Waals surface area (Å²) in [4.78, 5) is 13.4. The Morgan fingerprint density at radius 3 is 2.62 bits per heavy atom. The second kappa shape index (κ2) is 8.87. The number of likely N-dealkylation sites (N-methyl/N-ethyl adjacent to an activating group) is 1. The zero-order valence-corrected chi connectivity index (χ0v) is 14.4. The van der Waals surface area contributed by atoms with Gasteiger partial charge in [-0.3, -0.25) is 19.8 Å². The van der Waals surface area contributed by atoms with E-state index in [1.54, 1.807) is 0 Å². The van der Waals surface area contributed by atoms with Crippen LogP contribution in [0, 0.1) is 0 Å². The zero-order chi connectivity index (χ0) is 16.6. The molecule has 0 radical (unpaired) electrons. The van der Waals surface area contributed by atoms with Crippen LogP contribution < -0.4 is 5.32 Å². The summed E-state index contributed by atoms with van der Waals surface area (Å²) in [7, 11) is 2.22. The molecule has 1 fully saturated rings. The van der Waals surface area contributed by atoms with E-state index >= 15 is 0 Å². The van der Waals surface area contributed by atoms with Crippen molar-refractivity contribution in [1.29, 1.82) is 0 Å². The number of rotatable bonds is 7. The predicted molar refractivity (Wildman–Crippen MR) is 96.9 cm³/mol.